The number of nitrogens with two attached hydrogens (primary N) is 1. The summed E-state index contributed by atoms with van der Waals surface area (Å²) in [5, 5.41) is 3.29. The smallest absolute Gasteiger partial charge is 0.237 e. The summed E-state index contributed by atoms with van der Waals surface area (Å²) in [7, 11) is 0. The van der Waals surface area contributed by atoms with Crippen molar-refractivity contribution in [3.05, 3.63) is 0 Å². The van der Waals surface area contributed by atoms with E-state index < -0.39 is 0 Å². The predicted molar refractivity (Wildman–Crippen MR) is 78.7 cm³/mol. The first-order valence-corrected chi connectivity index (χ1v) is 7.87. The van der Waals surface area contributed by atoms with Gasteiger partial charge in [0.1, 0.15) is 0 Å². The molecule has 0 spiro atoms. The summed E-state index contributed by atoms with van der Waals surface area (Å²) in [6.45, 7) is 9.09. The molecule has 4 unspecified atom stereocenters. The number of fused-ring (bicyclic) bond motifs is 2. The van der Waals surface area contributed by atoms with Crippen molar-refractivity contribution in [3.63, 3.8) is 0 Å². The Bertz CT molecular complexity index is 348. The topological polar surface area (TPSA) is 55.1 Å². The van der Waals surface area contributed by atoms with Gasteiger partial charge in [0.15, 0.2) is 0 Å². The lowest BCUT2D eigenvalue weighted by Crippen LogP contribution is -2.55. The maximum Gasteiger partial charge on any atom is 0.237 e. The third-order valence-corrected chi connectivity index (χ3v) is 5.76. The molecule has 0 saturated heterocycles. The molecule has 2 aliphatic carbocycles. The van der Waals surface area contributed by atoms with E-state index in [2.05, 4.69) is 33.0 Å². The van der Waals surface area contributed by atoms with E-state index in [1.165, 1.54) is 19.3 Å². The summed E-state index contributed by atoms with van der Waals surface area (Å²) in [6.07, 6.45) is 6.75. The summed E-state index contributed by atoms with van der Waals surface area (Å²) < 4.78 is 0. The summed E-state index contributed by atoms with van der Waals surface area (Å²) in [6, 6.07) is -0.0441. The Morgan fingerprint density at radius 2 is 2.11 bits per heavy atom. The fourth-order valence-corrected chi connectivity index (χ4v) is 4.47. The van der Waals surface area contributed by atoms with E-state index in [4.69, 9.17) is 5.73 Å². The highest BCUT2D eigenvalue weighted by molar-refractivity contribution is 5.82. The zero-order valence-electron chi connectivity index (χ0n) is 13.0. The largest absolute Gasteiger partial charge is 0.351 e. The van der Waals surface area contributed by atoms with Gasteiger partial charge < -0.3 is 11.1 Å². The Morgan fingerprint density at radius 3 is 2.63 bits per heavy atom. The fraction of sp³-hybridized carbons (Fsp3) is 0.938. The van der Waals surface area contributed by atoms with Gasteiger partial charge in [-0.25, -0.2) is 0 Å². The van der Waals surface area contributed by atoms with E-state index in [9.17, 15) is 4.79 Å². The van der Waals surface area contributed by atoms with Crippen molar-refractivity contribution in [1.29, 1.82) is 0 Å². The number of hydrogen-bond donors (Lipinski definition) is 2. The number of amides is 1. The second-order valence-electron chi connectivity index (χ2n) is 7.61. The van der Waals surface area contributed by atoms with Crippen LogP contribution in [0.1, 0.15) is 66.2 Å². The Balaban J connectivity index is 2.00. The second-order valence-corrected chi connectivity index (χ2v) is 7.61. The van der Waals surface area contributed by atoms with Gasteiger partial charge in [0, 0.05) is 6.04 Å². The van der Waals surface area contributed by atoms with Crippen LogP contribution in [0.3, 0.4) is 0 Å². The van der Waals surface area contributed by atoms with Crippen LogP contribution in [0.4, 0.5) is 0 Å². The molecular weight excluding hydrogens is 236 g/mol. The maximum atomic E-state index is 12.3. The number of nitrogens with one attached hydrogen (secondary N) is 1. The van der Waals surface area contributed by atoms with Crippen molar-refractivity contribution in [1.82, 2.24) is 5.32 Å². The van der Waals surface area contributed by atoms with Gasteiger partial charge in [0.05, 0.1) is 6.04 Å². The third-order valence-electron chi connectivity index (χ3n) is 5.76. The van der Waals surface area contributed by atoms with Gasteiger partial charge in [0.25, 0.3) is 0 Å². The van der Waals surface area contributed by atoms with Gasteiger partial charge in [-0.2, -0.15) is 0 Å². The van der Waals surface area contributed by atoms with Gasteiger partial charge in [0.2, 0.25) is 5.91 Å². The minimum absolute atomic E-state index is 0.0558. The van der Waals surface area contributed by atoms with Crippen LogP contribution < -0.4 is 11.1 Å². The van der Waals surface area contributed by atoms with Crippen LogP contribution in [0.15, 0.2) is 0 Å². The molecule has 2 aliphatic rings. The van der Waals surface area contributed by atoms with Crippen molar-refractivity contribution in [2.75, 3.05) is 0 Å². The number of rotatable bonds is 5. The monoisotopic (exact) mass is 266 g/mol. The molecule has 0 aromatic heterocycles. The molecule has 2 bridgehead atoms. The first-order valence-electron chi connectivity index (χ1n) is 7.87. The van der Waals surface area contributed by atoms with Gasteiger partial charge in [-0.3, -0.25) is 4.79 Å². The molecule has 4 atom stereocenters. The van der Waals surface area contributed by atoms with Crippen LogP contribution in [-0.4, -0.2) is 18.0 Å². The summed E-state index contributed by atoms with van der Waals surface area (Å²) >= 11 is 0. The Kier molecular flexibility index (Phi) is 3.97. The summed E-state index contributed by atoms with van der Waals surface area (Å²) in [5.41, 5.74) is 6.50. The molecule has 2 rings (SSSR count). The zero-order chi connectivity index (χ0) is 14.3. The SMILES string of the molecule is CCCCC(N)C(=O)NC1C2(C)CCC(C2)C1(C)C. The number of carbonyl (C=O) groups is 1. The minimum Gasteiger partial charge on any atom is -0.351 e. The Morgan fingerprint density at radius 1 is 1.42 bits per heavy atom. The van der Waals surface area contributed by atoms with Gasteiger partial charge in [-0.1, -0.05) is 40.5 Å². The lowest BCUT2D eigenvalue weighted by Gasteiger charge is -2.43. The quantitative estimate of drug-likeness (QED) is 0.804. The lowest BCUT2D eigenvalue weighted by molar-refractivity contribution is -0.125. The van der Waals surface area contributed by atoms with Crippen LogP contribution in [0, 0.1) is 16.7 Å². The van der Waals surface area contributed by atoms with Gasteiger partial charge in [-0.05, 0) is 42.4 Å². The third kappa shape index (κ3) is 2.54. The predicted octanol–water partition coefficient (Wildman–Crippen LogP) is 2.83. The van der Waals surface area contributed by atoms with E-state index >= 15 is 0 Å². The van der Waals surface area contributed by atoms with E-state index in [1.807, 2.05) is 0 Å². The van der Waals surface area contributed by atoms with Gasteiger partial charge >= 0.3 is 0 Å². The van der Waals surface area contributed by atoms with Crippen molar-refractivity contribution >= 4 is 5.91 Å². The fourth-order valence-electron chi connectivity index (χ4n) is 4.47. The van der Waals surface area contributed by atoms with Crippen LogP contribution in [0.5, 0.6) is 0 Å². The lowest BCUT2D eigenvalue weighted by atomic mass is 9.68. The molecule has 1 amide bonds. The molecule has 3 N–H and O–H groups in total. The van der Waals surface area contributed by atoms with E-state index in [0.717, 1.165) is 25.2 Å². The first-order chi connectivity index (χ1) is 8.81. The molecule has 0 radical (unpaired) electrons. The number of carbonyl (C=O) groups excluding carboxylic acids is 1. The average Bonchev–Trinajstić information content (AvgIpc) is 2.82. The molecule has 0 aliphatic heterocycles. The molecule has 2 saturated carbocycles. The molecule has 0 heterocycles. The van der Waals surface area contributed by atoms with Crippen LogP contribution in [0.2, 0.25) is 0 Å². The van der Waals surface area contributed by atoms with E-state index in [-0.39, 0.29) is 22.8 Å². The van der Waals surface area contributed by atoms with Gasteiger partial charge in [-0.15, -0.1) is 0 Å². The van der Waals surface area contributed by atoms with Crippen LogP contribution in [-0.2, 0) is 4.79 Å². The molecular formula is C16H30N2O. The van der Waals surface area contributed by atoms with E-state index in [1.54, 1.807) is 0 Å². The molecule has 3 nitrogen and oxygen atoms in total. The van der Waals surface area contributed by atoms with Crippen molar-refractivity contribution < 1.29 is 4.79 Å². The highest BCUT2D eigenvalue weighted by atomic mass is 16.2. The molecule has 2 fully saturated rings. The van der Waals surface area contributed by atoms with Crippen LogP contribution in [0.25, 0.3) is 0 Å². The summed E-state index contributed by atoms with van der Waals surface area (Å²) in [4.78, 5) is 12.3. The molecule has 0 aromatic rings. The van der Waals surface area contributed by atoms with E-state index in [0.29, 0.717) is 6.04 Å². The van der Waals surface area contributed by atoms with Crippen LogP contribution >= 0.6 is 0 Å². The minimum atomic E-state index is -0.335. The molecule has 19 heavy (non-hydrogen) atoms. The maximum absolute atomic E-state index is 12.3. The number of unbranched alkanes of at least 4 members (excludes halogenated alkanes) is 1. The standard InChI is InChI=1S/C16H30N2O/c1-5-6-7-12(17)13(19)18-14-15(2,3)11-8-9-16(14,4)10-11/h11-12,14H,5-10,17H2,1-4H3,(H,18,19). The highest BCUT2D eigenvalue weighted by Gasteiger charge is 2.59. The average molecular weight is 266 g/mol. The van der Waals surface area contributed by atoms with Crippen molar-refractivity contribution in [2.45, 2.75) is 78.3 Å². The zero-order valence-corrected chi connectivity index (χ0v) is 13.0. The summed E-state index contributed by atoms with van der Waals surface area (Å²) in [5.74, 6) is 0.815. The van der Waals surface area contributed by atoms with Crippen molar-refractivity contribution in [2.24, 2.45) is 22.5 Å². The Labute approximate surface area is 117 Å². The molecule has 3 heteroatoms. The number of hydrogen-bond acceptors (Lipinski definition) is 2. The highest BCUT2D eigenvalue weighted by Crippen LogP contribution is 2.62. The Hall–Kier alpha value is -0.570. The normalized spacial score (nSPS) is 37.3. The molecule has 110 valence electrons. The van der Waals surface area contributed by atoms with Crippen molar-refractivity contribution in [3.8, 4) is 0 Å². The first kappa shape index (κ1) is 14.8. The molecule has 0 aromatic carbocycles. The second kappa shape index (κ2) is 5.08.